The first-order valence-electron chi connectivity index (χ1n) is 10.5. The number of para-hydroxylation sites is 1. The first-order chi connectivity index (χ1) is 14.9. The standard InChI is InChI=1S/C23H26N2O4S2/c1-3-16(4-2)22(26)24-23-25(20-14-31(27,28)15-21(20)30-23)17-10-12-19(13-11-17)29-18-8-6-5-7-9-18/h5-13,16,20-21H,3-4,14-15H2,1-2H3/t20-,21+/m0/s1. The van der Waals surface area contributed by atoms with E-state index in [9.17, 15) is 13.2 Å². The minimum atomic E-state index is -3.10. The topological polar surface area (TPSA) is 76.0 Å². The number of hydrogen-bond acceptors (Lipinski definition) is 5. The molecule has 164 valence electrons. The van der Waals surface area contributed by atoms with Gasteiger partial charge in [-0.15, -0.1) is 0 Å². The van der Waals surface area contributed by atoms with Gasteiger partial charge in [-0.3, -0.25) is 4.79 Å². The number of carbonyl (C=O) groups is 1. The molecule has 31 heavy (non-hydrogen) atoms. The molecule has 2 saturated heterocycles. The van der Waals surface area contributed by atoms with Crippen LogP contribution >= 0.6 is 11.8 Å². The lowest BCUT2D eigenvalue weighted by atomic mass is 10.0. The van der Waals surface area contributed by atoms with Crippen LogP contribution in [0.15, 0.2) is 59.6 Å². The summed E-state index contributed by atoms with van der Waals surface area (Å²) in [6.07, 6.45) is 1.48. The first kappa shape index (κ1) is 21.9. The molecule has 0 spiro atoms. The zero-order chi connectivity index (χ0) is 22.0. The molecule has 0 unspecified atom stereocenters. The average molecular weight is 459 g/mol. The molecule has 0 radical (unpaired) electrons. The van der Waals surface area contributed by atoms with Crippen LogP contribution in [-0.4, -0.2) is 42.3 Å². The molecule has 2 atom stereocenters. The second kappa shape index (κ2) is 9.04. The van der Waals surface area contributed by atoms with Crippen LogP contribution in [-0.2, 0) is 14.6 Å². The van der Waals surface area contributed by atoms with Gasteiger partial charge in [0, 0.05) is 16.9 Å². The number of carbonyl (C=O) groups excluding carboxylic acids is 1. The zero-order valence-electron chi connectivity index (χ0n) is 17.6. The van der Waals surface area contributed by atoms with Gasteiger partial charge >= 0.3 is 0 Å². The highest BCUT2D eigenvalue weighted by molar-refractivity contribution is 8.16. The Hall–Kier alpha value is -2.32. The first-order valence-corrected chi connectivity index (χ1v) is 13.2. The zero-order valence-corrected chi connectivity index (χ0v) is 19.2. The molecule has 1 amide bonds. The monoisotopic (exact) mass is 458 g/mol. The highest BCUT2D eigenvalue weighted by atomic mass is 32.2. The number of sulfone groups is 1. The van der Waals surface area contributed by atoms with Crippen molar-refractivity contribution in [2.75, 3.05) is 16.4 Å². The lowest BCUT2D eigenvalue weighted by molar-refractivity contribution is -0.121. The minimum Gasteiger partial charge on any atom is -0.457 e. The third kappa shape index (κ3) is 4.80. The van der Waals surface area contributed by atoms with E-state index in [0.717, 1.165) is 24.3 Å². The molecule has 6 nitrogen and oxygen atoms in total. The predicted molar refractivity (Wildman–Crippen MR) is 126 cm³/mol. The Balaban J connectivity index is 1.62. The largest absolute Gasteiger partial charge is 0.457 e. The van der Waals surface area contributed by atoms with Crippen LogP contribution in [0, 0.1) is 5.92 Å². The molecule has 0 aliphatic carbocycles. The van der Waals surface area contributed by atoms with Gasteiger partial charge in [0.05, 0.1) is 17.5 Å². The maximum absolute atomic E-state index is 12.7. The molecule has 2 aromatic carbocycles. The Morgan fingerprint density at radius 1 is 1.06 bits per heavy atom. The molecule has 2 aliphatic heterocycles. The van der Waals surface area contributed by atoms with Gasteiger partial charge < -0.3 is 9.64 Å². The SMILES string of the molecule is CCC(CC)C(=O)N=C1S[C@@H]2CS(=O)(=O)C[C@@H]2N1c1ccc(Oc2ccccc2)cc1. The van der Waals surface area contributed by atoms with Gasteiger partial charge in [-0.2, -0.15) is 4.99 Å². The maximum Gasteiger partial charge on any atom is 0.251 e. The van der Waals surface area contributed by atoms with Crippen molar-refractivity contribution < 1.29 is 17.9 Å². The van der Waals surface area contributed by atoms with E-state index in [1.807, 2.05) is 73.3 Å². The number of fused-ring (bicyclic) bond motifs is 1. The minimum absolute atomic E-state index is 0.0745. The van der Waals surface area contributed by atoms with Gasteiger partial charge in [0.2, 0.25) is 0 Å². The van der Waals surface area contributed by atoms with Gasteiger partial charge in [0.25, 0.3) is 5.91 Å². The Bertz CT molecular complexity index is 1060. The third-order valence-corrected chi connectivity index (χ3v) is 8.91. The number of anilines is 1. The van der Waals surface area contributed by atoms with Crippen molar-refractivity contribution in [3.05, 3.63) is 54.6 Å². The van der Waals surface area contributed by atoms with Crippen molar-refractivity contribution in [2.45, 2.75) is 38.0 Å². The predicted octanol–water partition coefficient (Wildman–Crippen LogP) is 4.52. The summed E-state index contributed by atoms with van der Waals surface area (Å²) in [5.41, 5.74) is 0.814. The number of thioether (sulfide) groups is 1. The van der Waals surface area contributed by atoms with Crippen LogP contribution in [0.25, 0.3) is 0 Å². The van der Waals surface area contributed by atoms with E-state index in [1.165, 1.54) is 11.8 Å². The molecule has 8 heteroatoms. The molecule has 4 rings (SSSR count). The van der Waals surface area contributed by atoms with Crippen LogP contribution in [0.1, 0.15) is 26.7 Å². The third-order valence-electron chi connectivity index (χ3n) is 5.70. The summed E-state index contributed by atoms with van der Waals surface area (Å²) in [6.45, 7) is 3.97. The Kier molecular flexibility index (Phi) is 6.39. The molecule has 2 fully saturated rings. The Labute approximate surface area is 187 Å². The van der Waals surface area contributed by atoms with Crippen molar-refractivity contribution in [2.24, 2.45) is 10.9 Å². The second-order valence-electron chi connectivity index (χ2n) is 7.83. The number of aliphatic imine (C=N–C) groups is 1. The Morgan fingerprint density at radius 2 is 1.71 bits per heavy atom. The number of amides is 1. The molecular weight excluding hydrogens is 432 g/mol. The van der Waals surface area contributed by atoms with Crippen LogP contribution in [0.5, 0.6) is 11.5 Å². The van der Waals surface area contributed by atoms with E-state index in [1.54, 1.807) is 0 Å². The van der Waals surface area contributed by atoms with Crippen molar-refractivity contribution in [3.8, 4) is 11.5 Å². The van der Waals surface area contributed by atoms with Gasteiger partial charge in [-0.25, -0.2) is 8.42 Å². The van der Waals surface area contributed by atoms with E-state index >= 15 is 0 Å². The van der Waals surface area contributed by atoms with Crippen molar-refractivity contribution in [1.29, 1.82) is 0 Å². The summed E-state index contributed by atoms with van der Waals surface area (Å²) in [5.74, 6) is 1.37. The van der Waals surface area contributed by atoms with E-state index in [4.69, 9.17) is 4.74 Å². The fourth-order valence-electron chi connectivity index (χ4n) is 3.99. The number of ether oxygens (including phenoxy) is 1. The molecular formula is C23H26N2O4S2. The van der Waals surface area contributed by atoms with Gasteiger partial charge in [-0.1, -0.05) is 43.8 Å². The molecule has 2 aromatic rings. The number of rotatable bonds is 6. The molecule has 0 bridgehead atoms. The van der Waals surface area contributed by atoms with Crippen molar-refractivity contribution in [3.63, 3.8) is 0 Å². The fourth-order valence-corrected chi connectivity index (χ4v) is 7.91. The lowest BCUT2D eigenvalue weighted by Crippen LogP contribution is -2.37. The van der Waals surface area contributed by atoms with E-state index < -0.39 is 9.84 Å². The molecule has 0 saturated carbocycles. The Morgan fingerprint density at radius 3 is 2.35 bits per heavy atom. The van der Waals surface area contributed by atoms with E-state index in [-0.39, 0.29) is 34.6 Å². The maximum atomic E-state index is 12.7. The normalized spacial score (nSPS) is 23.3. The fraction of sp³-hybridized carbons (Fsp3) is 0.391. The van der Waals surface area contributed by atoms with Crippen molar-refractivity contribution >= 4 is 38.4 Å². The van der Waals surface area contributed by atoms with E-state index in [2.05, 4.69) is 4.99 Å². The number of hydrogen-bond donors (Lipinski definition) is 0. The summed E-state index contributed by atoms with van der Waals surface area (Å²) in [4.78, 5) is 19.0. The summed E-state index contributed by atoms with van der Waals surface area (Å²) in [5, 5.41) is 0.483. The molecule has 0 aromatic heterocycles. The number of amidine groups is 1. The molecule has 0 N–H and O–H groups in total. The van der Waals surface area contributed by atoms with Crippen molar-refractivity contribution in [1.82, 2.24) is 0 Å². The van der Waals surface area contributed by atoms with E-state index in [0.29, 0.717) is 10.9 Å². The van der Waals surface area contributed by atoms with Crippen LogP contribution in [0.4, 0.5) is 5.69 Å². The highest BCUT2D eigenvalue weighted by Crippen LogP contribution is 2.41. The average Bonchev–Trinajstić information content (AvgIpc) is 3.21. The van der Waals surface area contributed by atoms with Gasteiger partial charge in [0.1, 0.15) is 11.5 Å². The molecule has 2 aliphatic rings. The van der Waals surface area contributed by atoms with Gasteiger partial charge in [-0.05, 0) is 49.2 Å². The van der Waals surface area contributed by atoms with Crippen LogP contribution < -0.4 is 9.64 Å². The van der Waals surface area contributed by atoms with Gasteiger partial charge in [0.15, 0.2) is 15.0 Å². The number of benzene rings is 2. The number of nitrogens with zero attached hydrogens (tertiary/aromatic N) is 2. The molecule has 2 heterocycles. The quantitative estimate of drug-likeness (QED) is 0.634. The summed E-state index contributed by atoms with van der Waals surface area (Å²) in [6, 6.07) is 16.8. The van der Waals surface area contributed by atoms with Crippen LogP contribution in [0.2, 0.25) is 0 Å². The highest BCUT2D eigenvalue weighted by Gasteiger charge is 2.49. The van der Waals surface area contributed by atoms with Crippen LogP contribution in [0.3, 0.4) is 0 Å². The lowest BCUT2D eigenvalue weighted by Gasteiger charge is -2.25. The summed E-state index contributed by atoms with van der Waals surface area (Å²) >= 11 is 1.40. The second-order valence-corrected chi connectivity index (χ2v) is 11.2. The summed E-state index contributed by atoms with van der Waals surface area (Å²) < 4.78 is 30.3. The smallest absolute Gasteiger partial charge is 0.251 e. The summed E-state index contributed by atoms with van der Waals surface area (Å²) in [7, 11) is -3.10.